The lowest BCUT2D eigenvalue weighted by molar-refractivity contribution is -0.140. The van der Waals surface area contributed by atoms with Crippen LogP contribution in [0, 0.1) is 7.14 Å². The summed E-state index contributed by atoms with van der Waals surface area (Å²) in [5.74, 6) is -1.22. The average Bonchev–Trinajstić information content (AvgIpc) is 2.89. The third kappa shape index (κ3) is 5.01. The Labute approximate surface area is 188 Å². The number of carbonyl (C=O) groups is 3. The summed E-state index contributed by atoms with van der Waals surface area (Å²) < 4.78 is 7.85. The molecule has 7 nitrogen and oxygen atoms in total. The lowest BCUT2D eigenvalue weighted by Crippen LogP contribution is -2.35. The molecule has 0 bridgehead atoms. The van der Waals surface area contributed by atoms with Crippen molar-refractivity contribution >= 4 is 69.2 Å². The highest BCUT2D eigenvalue weighted by Gasteiger charge is 2.34. The molecular formula is C19H14I2N2O5. The molecule has 9 heteroatoms. The van der Waals surface area contributed by atoms with Crippen molar-refractivity contribution in [2.45, 2.75) is 6.61 Å². The van der Waals surface area contributed by atoms with Crippen molar-refractivity contribution in [3.63, 3.8) is 0 Å². The molecule has 2 N–H and O–H groups in total. The number of rotatable bonds is 6. The van der Waals surface area contributed by atoms with E-state index >= 15 is 0 Å². The van der Waals surface area contributed by atoms with Crippen molar-refractivity contribution in [3.8, 4) is 5.75 Å². The van der Waals surface area contributed by atoms with Gasteiger partial charge in [0.25, 0.3) is 5.91 Å². The van der Waals surface area contributed by atoms with Gasteiger partial charge in [0.15, 0.2) is 0 Å². The average molecular weight is 604 g/mol. The highest BCUT2D eigenvalue weighted by Crippen LogP contribution is 2.25. The predicted molar refractivity (Wildman–Crippen MR) is 119 cm³/mol. The Hall–Kier alpha value is -2.15. The number of ether oxygens (including phenoxy) is 1. The summed E-state index contributed by atoms with van der Waals surface area (Å²) in [7, 11) is 0. The molecule has 1 saturated heterocycles. The number of imide groups is 1. The number of carboxylic acids is 1. The van der Waals surface area contributed by atoms with E-state index in [4.69, 9.17) is 9.84 Å². The van der Waals surface area contributed by atoms with E-state index in [0.29, 0.717) is 22.8 Å². The molecule has 3 amide bonds. The molecule has 0 spiro atoms. The fourth-order valence-corrected chi connectivity index (χ4v) is 3.54. The zero-order valence-corrected chi connectivity index (χ0v) is 18.6. The molecule has 1 heterocycles. The highest BCUT2D eigenvalue weighted by molar-refractivity contribution is 14.1. The first-order valence-corrected chi connectivity index (χ1v) is 10.2. The van der Waals surface area contributed by atoms with Crippen molar-refractivity contribution in [1.29, 1.82) is 0 Å². The summed E-state index contributed by atoms with van der Waals surface area (Å²) in [4.78, 5) is 35.3. The summed E-state index contributed by atoms with van der Waals surface area (Å²) in [5.41, 5.74) is 1.78. The molecule has 2 aromatic carbocycles. The maximum atomic E-state index is 12.2. The molecule has 0 unspecified atom stereocenters. The van der Waals surface area contributed by atoms with Crippen LogP contribution >= 0.6 is 45.2 Å². The third-order valence-electron chi connectivity index (χ3n) is 3.83. The molecule has 0 atom stereocenters. The van der Waals surface area contributed by atoms with E-state index in [0.717, 1.165) is 12.7 Å². The number of halogens is 2. The SMILES string of the molecule is O=C(O)CN1C(=O)N/C(=C/c2ccc(OCc3ccc(I)cc3)c(I)c2)C1=O. The van der Waals surface area contributed by atoms with E-state index < -0.39 is 24.5 Å². The van der Waals surface area contributed by atoms with Gasteiger partial charge in [-0.3, -0.25) is 9.59 Å². The second kappa shape index (κ2) is 8.90. The standard InChI is InChI=1S/C19H14I2N2O5/c20-13-4-1-11(2-5-13)10-28-16-6-3-12(7-14(16)21)8-15-18(26)23(9-17(24)25)19(27)22-15/h1-8H,9-10H2,(H,22,27)(H,24,25)/b15-8+. The lowest BCUT2D eigenvalue weighted by Gasteiger charge is -2.09. The first-order chi connectivity index (χ1) is 13.3. The fraction of sp³-hybridized carbons (Fsp3) is 0.105. The van der Waals surface area contributed by atoms with Crippen LogP contribution in [0.15, 0.2) is 48.2 Å². The molecule has 0 aromatic heterocycles. The third-order valence-corrected chi connectivity index (χ3v) is 5.39. The Kier molecular flexibility index (Phi) is 6.54. The fourth-order valence-electron chi connectivity index (χ4n) is 2.48. The predicted octanol–water partition coefficient (Wildman–Crippen LogP) is 3.45. The number of hydrogen-bond donors (Lipinski definition) is 2. The van der Waals surface area contributed by atoms with Gasteiger partial charge >= 0.3 is 12.0 Å². The monoisotopic (exact) mass is 604 g/mol. The zero-order valence-electron chi connectivity index (χ0n) is 14.3. The van der Waals surface area contributed by atoms with Crippen LogP contribution in [0.1, 0.15) is 11.1 Å². The van der Waals surface area contributed by atoms with Crippen LogP contribution < -0.4 is 10.1 Å². The topological polar surface area (TPSA) is 95.9 Å². The van der Waals surface area contributed by atoms with Crippen LogP contribution in [0.25, 0.3) is 6.08 Å². The number of hydrogen-bond acceptors (Lipinski definition) is 4. The van der Waals surface area contributed by atoms with Gasteiger partial charge in [0, 0.05) is 3.57 Å². The number of carbonyl (C=O) groups excluding carboxylic acids is 2. The molecule has 0 radical (unpaired) electrons. The number of urea groups is 1. The van der Waals surface area contributed by atoms with Gasteiger partial charge < -0.3 is 15.2 Å². The lowest BCUT2D eigenvalue weighted by atomic mass is 10.2. The van der Waals surface area contributed by atoms with Gasteiger partial charge in [-0.25, -0.2) is 9.69 Å². The number of amides is 3. The summed E-state index contributed by atoms with van der Waals surface area (Å²) in [6.45, 7) is -0.239. The molecule has 0 saturated carbocycles. The van der Waals surface area contributed by atoms with E-state index in [1.807, 2.05) is 30.3 Å². The van der Waals surface area contributed by atoms with E-state index in [-0.39, 0.29) is 5.70 Å². The van der Waals surface area contributed by atoms with Gasteiger partial charge in [0.2, 0.25) is 0 Å². The van der Waals surface area contributed by atoms with Crippen molar-refractivity contribution < 1.29 is 24.2 Å². The van der Waals surface area contributed by atoms with Gasteiger partial charge in [0.05, 0.1) is 3.57 Å². The second-order valence-corrected chi connectivity index (χ2v) is 8.29. The molecule has 3 rings (SSSR count). The van der Waals surface area contributed by atoms with Crippen molar-refractivity contribution in [2.75, 3.05) is 6.54 Å². The molecule has 0 aliphatic carbocycles. The molecule has 2 aromatic rings. The summed E-state index contributed by atoms with van der Waals surface area (Å²) >= 11 is 4.38. The highest BCUT2D eigenvalue weighted by atomic mass is 127. The Morgan fingerprint density at radius 2 is 1.86 bits per heavy atom. The van der Waals surface area contributed by atoms with Crippen molar-refractivity contribution in [3.05, 3.63) is 66.4 Å². The van der Waals surface area contributed by atoms with E-state index in [9.17, 15) is 14.4 Å². The summed E-state index contributed by atoms with van der Waals surface area (Å²) in [6, 6.07) is 12.7. The minimum Gasteiger partial charge on any atom is -0.488 e. The van der Waals surface area contributed by atoms with Crippen LogP contribution in [-0.4, -0.2) is 34.5 Å². The molecule has 144 valence electrons. The Bertz CT molecular complexity index is 973. The molecule has 1 fully saturated rings. The van der Waals surface area contributed by atoms with Crippen molar-refractivity contribution in [2.24, 2.45) is 0 Å². The van der Waals surface area contributed by atoms with Gasteiger partial charge in [-0.2, -0.15) is 0 Å². The van der Waals surface area contributed by atoms with E-state index in [2.05, 4.69) is 50.5 Å². The van der Waals surface area contributed by atoms with Gasteiger partial charge in [-0.05, 0) is 86.7 Å². The number of aliphatic carboxylic acids is 1. The quantitative estimate of drug-likeness (QED) is 0.300. The Balaban J connectivity index is 1.71. The first-order valence-electron chi connectivity index (χ1n) is 8.06. The van der Waals surface area contributed by atoms with Gasteiger partial charge in [-0.1, -0.05) is 18.2 Å². The van der Waals surface area contributed by atoms with E-state index in [1.54, 1.807) is 12.1 Å². The number of carboxylic acid groups (broad SMARTS) is 1. The van der Waals surface area contributed by atoms with Crippen LogP contribution in [0.4, 0.5) is 4.79 Å². The smallest absolute Gasteiger partial charge is 0.329 e. The largest absolute Gasteiger partial charge is 0.488 e. The maximum absolute atomic E-state index is 12.2. The molecular weight excluding hydrogens is 590 g/mol. The van der Waals surface area contributed by atoms with Gasteiger partial charge in [-0.15, -0.1) is 0 Å². The van der Waals surface area contributed by atoms with Crippen LogP contribution in [0.2, 0.25) is 0 Å². The van der Waals surface area contributed by atoms with Gasteiger partial charge in [0.1, 0.15) is 24.6 Å². The summed E-state index contributed by atoms with van der Waals surface area (Å²) in [6.07, 6.45) is 1.51. The molecule has 28 heavy (non-hydrogen) atoms. The van der Waals surface area contributed by atoms with Crippen LogP contribution in [-0.2, 0) is 16.2 Å². The maximum Gasteiger partial charge on any atom is 0.329 e. The molecule has 1 aliphatic heterocycles. The normalized spacial score (nSPS) is 15.1. The number of nitrogens with zero attached hydrogens (tertiary/aromatic N) is 1. The molecule has 1 aliphatic rings. The van der Waals surface area contributed by atoms with Crippen molar-refractivity contribution in [1.82, 2.24) is 10.2 Å². The van der Waals surface area contributed by atoms with Crippen LogP contribution in [0.3, 0.4) is 0 Å². The Morgan fingerprint density at radius 3 is 2.50 bits per heavy atom. The Morgan fingerprint density at radius 1 is 1.14 bits per heavy atom. The summed E-state index contributed by atoms with van der Waals surface area (Å²) in [5, 5.41) is 11.2. The van der Waals surface area contributed by atoms with Crippen LogP contribution in [0.5, 0.6) is 5.75 Å². The minimum atomic E-state index is -1.26. The second-order valence-electron chi connectivity index (χ2n) is 5.88. The number of benzene rings is 2. The first kappa shape index (κ1) is 20.6. The van der Waals surface area contributed by atoms with E-state index in [1.165, 1.54) is 6.08 Å². The zero-order chi connectivity index (χ0) is 20.3. The minimum absolute atomic E-state index is 0.0367. The number of nitrogens with one attached hydrogen (secondary N) is 1.